The summed E-state index contributed by atoms with van der Waals surface area (Å²) in [5.74, 6) is 2.15. The van der Waals surface area contributed by atoms with Gasteiger partial charge in [0.2, 0.25) is 5.91 Å². The number of ether oxygens (including phenoxy) is 2. The molecule has 2 aliphatic heterocycles. The molecule has 4 rings (SSSR count). The Morgan fingerprint density at radius 1 is 1.34 bits per heavy atom. The Morgan fingerprint density at radius 3 is 2.86 bits per heavy atom. The zero-order chi connectivity index (χ0) is 19.9. The summed E-state index contributed by atoms with van der Waals surface area (Å²) in [7, 11) is 3.41. The molecule has 1 aliphatic carbocycles. The topological polar surface area (TPSA) is 75.2 Å². The van der Waals surface area contributed by atoms with Crippen molar-refractivity contribution in [3.8, 4) is 5.75 Å². The van der Waals surface area contributed by atoms with Crippen molar-refractivity contribution in [2.75, 3.05) is 32.2 Å². The van der Waals surface area contributed by atoms with Gasteiger partial charge >= 0.3 is 0 Å². The van der Waals surface area contributed by atoms with Crippen molar-refractivity contribution in [2.24, 2.45) is 16.3 Å². The summed E-state index contributed by atoms with van der Waals surface area (Å²) in [5, 5.41) is 7.03. The Bertz CT molecular complexity index is 785. The van der Waals surface area contributed by atoms with Gasteiger partial charge in [-0.2, -0.15) is 0 Å². The molecule has 2 saturated heterocycles. The third-order valence-electron chi connectivity index (χ3n) is 6.45. The SMILES string of the molecule is CN=C(NC1CC(=O)N(c2cccc(OC)c2)C1)NC1C2CCOC2C1(C)C.I. The molecule has 0 spiro atoms. The number of methoxy groups -OCH3 is 1. The number of guanidine groups is 1. The predicted molar refractivity (Wildman–Crippen MR) is 124 cm³/mol. The molecule has 160 valence electrons. The minimum absolute atomic E-state index is 0. The molecule has 1 aromatic rings. The molecule has 0 radical (unpaired) electrons. The summed E-state index contributed by atoms with van der Waals surface area (Å²) in [4.78, 5) is 18.8. The fourth-order valence-electron chi connectivity index (χ4n) is 4.96. The van der Waals surface area contributed by atoms with Crippen LogP contribution in [0.5, 0.6) is 5.75 Å². The van der Waals surface area contributed by atoms with Crippen LogP contribution in [0.15, 0.2) is 29.3 Å². The number of benzene rings is 1. The first kappa shape index (κ1) is 22.1. The van der Waals surface area contributed by atoms with Crippen LogP contribution in [0.25, 0.3) is 0 Å². The first-order chi connectivity index (χ1) is 13.4. The predicted octanol–water partition coefficient (Wildman–Crippen LogP) is 2.40. The van der Waals surface area contributed by atoms with E-state index < -0.39 is 0 Å². The molecule has 2 heterocycles. The van der Waals surface area contributed by atoms with Crippen molar-refractivity contribution in [1.29, 1.82) is 0 Å². The highest BCUT2D eigenvalue weighted by Crippen LogP contribution is 2.52. The lowest BCUT2D eigenvalue weighted by Gasteiger charge is -2.55. The summed E-state index contributed by atoms with van der Waals surface area (Å²) in [6, 6.07) is 7.96. The van der Waals surface area contributed by atoms with Crippen LogP contribution in [0.4, 0.5) is 5.69 Å². The van der Waals surface area contributed by atoms with Crippen molar-refractivity contribution < 1.29 is 14.3 Å². The third-order valence-corrected chi connectivity index (χ3v) is 6.45. The fraction of sp³-hybridized carbons (Fsp3) is 0.619. The van der Waals surface area contributed by atoms with Gasteiger partial charge in [0.05, 0.1) is 19.3 Å². The molecule has 1 saturated carbocycles. The second kappa shape index (κ2) is 8.67. The average molecular weight is 514 g/mol. The zero-order valence-electron chi connectivity index (χ0n) is 17.5. The molecule has 0 bridgehead atoms. The molecular formula is C21H31IN4O3. The van der Waals surface area contributed by atoms with E-state index in [9.17, 15) is 4.79 Å². The number of aliphatic imine (C=N–C) groups is 1. The number of carbonyl (C=O) groups excluding carboxylic acids is 1. The Morgan fingerprint density at radius 2 is 2.14 bits per heavy atom. The molecule has 0 aromatic heterocycles. The van der Waals surface area contributed by atoms with Crippen molar-refractivity contribution >= 4 is 41.5 Å². The van der Waals surface area contributed by atoms with E-state index in [0.717, 1.165) is 30.4 Å². The van der Waals surface area contributed by atoms with Gasteiger partial charge < -0.3 is 25.0 Å². The molecule has 7 nitrogen and oxygen atoms in total. The molecule has 1 amide bonds. The molecule has 3 aliphatic rings. The average Bonchev–Trinajstić information content (AvgIpc) is 3.30. The van der Waals surface area contributed by atoms with E-state index in [2.05, 4.69) is 29.5 Å². The second-order valence-corrected chi connectivity index (χ2v) is 8.51. The van der Waals surface area contributed by atoms with Crippen LogP contribution in [-0.2, 0) is 9.53 Å². The highest BCUT2D eigenvalue weighted by molar-refractivity contribution is 14.0. The van der Waals surface area contributed by atoms with Crippen LogP contribution in [-0.4, -0.2) is 57.4 Å². The Labute approximate surface area is 189 Å². The number of hydrogen-bond donors (Lipinski definition) is 2. The largest absolute Gasteiger partial charge is 0.497 e. The molecule has 2 N–H and O–H groups in total. The first-order valence-corrected chi connectivity index (χ1v) is 10.00. The summed E-state index contributed by atoms with van der Waals surface area (Å²) >= 11 is 0. The van der Waals surface area contributed by atoms with Gasteiger partial charge in [0.25, 0.3) is 0 Å². The van der Waals surface area contributed by atoms with E-state index in [-0.39, 0.29) is 41.3 Å². The van der Waals surface area contributed by atoms with Gasteiger partial charge in [-0.25, -0.2) is 0 Å². The van der Waals surface area contributed by atoms with Gasteiger partial charge in [-0.3, -0.25) is 9.79 Å². The van der Waals surface area contributed by atoms with E-state index in [1.807, 2.05) is 29.2 Å². The smallest absolute Gasteiger partial charge is 0.229 e. The maximum absolute atomic E-state index is 12.6. The number of nitrogens with zero attached hydrogens (tertiary/aromatic N) is 2. The summed E-state index contributed by atoms with van der Waals surface area (Å²) in [5.41, 5.74) is 0.944. The number of carbonyl (C=O) groups is 1. The van der Waals surface area contributed by atoms with Crippen LogP contribution in [0.1, 0.15) is 26.7 Å². The molecule has 29 heavy (non-hydrogen) atoms. The number of fused-ring (bicyclic) bond motifs is 1. The summed E-state index contributed by atoms with van der Waals surface area (Å²) < 4.78 is 11.2. The Hall–Kier alpha value is -1.55. The number of rotatable bonds is 4. The summed E-state index contributed by atoms with van der Waals surface area (Å²) in [6.45, 7) is 5.94. The minimum atomic E-state index is 0. The van der Waals surface area contributed by atoms with Crippen molar-refractivity contribution in [3.05, 3.63) is 24.3 Å². The van der Waals surface area contributed by atoms with Crippen LogP contribution >= 0.6 is 24.0 Å². The standard InChI is InChI=1S/C21H30N4O3.HI/c1-21(2)18(16-8-9-28-19(16)21)24-20(22-3)23-13-10-17(26)25(12-13)14-6-5-7-15(11-14)27-4;/h5-7,11,13,16,18-19H,8-10,12H2,1-4H3,(H2,22,23,24);1H. The van der Waals surface area contributed by atoms with E-state index in [1.54, 1.807) is 14.2 Å². The maximum Gasteiger partial charge on any atom is 0.229 e. The quantitative estimate of drug-likeness (QED) is 0.367. The first-order valence-electron chi connectivity index (χ1n) is 10.00. The van der Waals surface area contributed by atoms with Crippen LogP contribution in [0.3, 0.4) is 0 Å². The van der Waals surface area contributed by atoms with Crippen molar-refractivity contribution in [3.63, 3.8) is 0 Å². The number of anilines is 1. The number of nitrogens with one attached hydrogen (secondary N) is 2. The van der Waals surface area contributed by atoms with Gasteiger partial charge in [-0.05, 0) is 18.6 Å². The molecular weight excluding hydrogens is 483 g/mol. The maximum atomic E-state index is 12.6. The fourth-order valence-corrected chi connectivity index (χ4v) is 4.96. The summed E-state index contributed by atoms with van der Waals surface area (Å²) in [6.07, 6.45) is 1.87. The number of halogens is 1. The molecule has 8 heteroatoms. The second-order valence-electron chi connectivity index (χ2n) is 8.51. The van der Waals surface area contributed by atoms with Gasteiger partial charge in [0.15, 0.2) is 5.96 Å². The van der Waals surface area contributed by atoms with E-state index in [0.29, 0.717) is 31.0 Å². The highest BCUT2D eigenvalue weighted by Gasteiger charge is 2.59. The van der Waals surface area contributed by atoms with Gasteiger partial charge in [-0.1, -0.05) is 19.9 Å². The Balaban J connectivity index is 0.00000240. The normalized spacial score (nSPS) is 30.3. The number of hydrogen-bond acceptors (Lipinski definition) is 4. The van der Waals surface area contributed by atoms with Crippen LogP contribution < -0.4 is 20.3 Å². The molecule has 4 atom stereocenters. The van der Waals surface area contributed by atoms with Crippen LogP contribution in [0, 0.1) is 11.3 Å². The lowest BCUT2D eigenvalue weighted by molar-refractivity contribution is -0.117. The van der Waals surface area contributed by atoms with E-state index in [4.69, 9.17) is 9.47 Å². The molecule has 1 aromatic carbocycles. The minimum Gasteiger partial charge on any atom is -0.497 e. The van der Waals surface area contributed by atoms with Gasteiger partial charge in [0.1, 0.15) is 5.75 Å². The van der Waals surface area contributed by atoms with Gasteiger partial charge in [0, 0.05) is 55.7 Å². The van der Waals surface area contributed by atoms with Crippen LogP contribution in [0.2, 0.25) is 0 Å². The third kappa shape index (κ3) is 4.05. The lowest BCUT2D eigenvalue weighted by Crippen LogP contribution is -2.68. The van der Waals surface area contributed by atoms with E-state index in [1.165, 1.54) is 0 Å². The molecule has 3 fully saturated rings. The highest BCUT2D eigenvalue weighted by atomic mass is 127. The van der Waals surface area contributed by atoms with Crippen molar-refractivity contribution in [2.45, 2.75) is 44.9 Å². The zero-order valence-corrected chi connectivity index (χ0v) is 19.8. The lowest BCUT2D eigenvalue weighted by atomic mass is 9.57. The van der Waals surface area contributed by atoms with Gasteiger partial charge in [-0.15, -0.1) is 24.0 Å². The van der Waals surface area contributed by atoms with E-state index >= 15 is 0 Å². The van der Waals surface area contributed by atoms with Crippen molar-refractivity contribution in [1.82, 2.24) is 10.6 Å². The monoisotopic (exact) mass is 514 g/mol. The Kier molecular flexibility index (Phi) is 6.62. The molecule has 4 unspecified atom stereocenters. The number of amides is 1.